The van der Waals surface area contributed by atoms with Crippen molar-refractivity contribution >= 4 is 23.6 Å². The molecule has 0 aromatic heterocycles. The summed E-state index contributed by atoms with van der Waals surface area (Å²) in [5.41, 5.74) is 2.92. The summed E-state index contributed by atoms with van der Waals surface area (Å²) in [5.74, 6) is -1.07. The van der Waals surface area contributed by atoms with Crippen LogP contribution in [0.3, 0.4) is 0 Å². The average Bonchev–Trinajstić information content (AvgIpc) is 2.57. The maximum Gasteiger partial charge on any atom is 0.316 e. The number of hydrogen-bond acceptors (Lipinski definition) is 3. The van der Waals surface area contributed by atoms with Gasteiger partial charge in [0, 0.05) is 10.9 Å². The van der Waals surface area contributed by atoms with Crippen LogP contribution in [-0.2, 0) is 11.2 Å². The Kier molecular flexibility index (Phi) is 6.65. The second kappa shape index (κ2) is 8.72. The number of hydrogen-bond donors (Lipinski definition) is 2. The molecule has 1 amide bonds. The summed E-state index contributed by atoms with van der Waals surface area (Å²) in [7, 11) is 0. The van der Waals surface area contributed by atoms with Gasteiger partial charge in [-0.2, -0.15) is 0 Å². The van der Waals surface area contributed by atoms with Gasteiger partial charge in [-0.1, -0.05) is 36.4 Å². The van der Waals surface area contributed by atoms with Crippen molar-refractivity contribution in [2.75, 3.05) is 0 Å². The van der Waals surface area contributed by atoms with E-state index in [-0.39, 0.29) is 11.9 Å². The van der Waals surface area contributed by atoms with Gasteiger partial charge >= 0.3 is 5.97 Å². The molecule has 0 saturated heterocycles. The second-order valence-corrected chi connectivity index (χ2v) is 7.48. The van der Waals surface area contributed by atoms with Crippen LogP contribution < -0.4 is 5.32 Å². The average molecular weight is 357 g/mol. The molecule has 0 aliphatic carbocycles. The summed E-state index contributed by atoms with van der Waals surface area (Å²) in [6, 6.07) is 15.2. The second-order valence-electron chi connectivity index (χ2n) is 6.10. The van der Waals surface area contributed by atoms with Gasteiger partial charge in [-0.25, -0.2) is 0 Å². The smallest absolute Gasteiger partial charge is 0.316 e. The summed E-state index contributed by atoms with van der Waals surface area (Å²) in [5, 5.41) is 11.5. The number of rotatable bonds is 7. The molecule has 25 heavy (non-hydrogen) atoms. The lowest BCUT2D eigenvalue weighted by atomic mass is 10.0. The molecule has 2 aromatic rings. The lowest BCUT2D eigenvalue weighted by molar-refractivity contribution is -0.136. The predicted molar refractivity (Wildman–Crippen MR) is 101 cm³/mol. The lowest BCUT2D eigenvalue weighted by Gasteiger charge is -2.17. The molecule has 2 unspecified atom stereocenters. The monoisotopic (exact) mass is 357 g/mol. The lowest BCUT2D eigenvalue weighted by Crippen LogP contribution is -2.34. The summed E-state index contributed by atoms with van der Waals surface area (Å²) in [6.07, 6.45) is 0.749. The minimum atomic E-state index is -0.895. The molecule has 2 atom stereocenters. The Morgan fingerprint density at radius 1 is 1.08 bits per heavy atom. The Bertz CT molecular complexity index is 760. The molecule has 2 aromatic carbocycles. The highest BCUT2D eigenvalue weighted by Gasteiger charge is 2.19. The fourth-order valence-electron chi connectivity index (χ4n) is 2.52. The number of aliphatic carboxylic acids is 1. The van der Waals surface area contributed by atoms with E-state index in [0.717, 1.165) is 6.42 Å². The molecule has 0 radical (unpaired) electrons. The molecule has 0 bridgehead atoms. The Balaban J connectivity index is 2.08. The normalized spacial score (nSPS) is 13.1. The third-order valence-electron chi connectivity index (χ3n) is 3.95. The summed E-state index contributed by atoms with van der Waals surface area (Å²) < 4.78 is 0. The van der Waals surface area contributed by atoms with Gasteiger partial charge in [-0.05, 0) is 50.5 Å². The Morgan fingerprint density at radius 3 is 2.40 bits per heavy atom. The van der Waals surface area contributed by atoms with Crippen LogP contribution in [0.25, 0.3) is 0 Å². The van der Waals surface area contributed by atoms with Gasteiger partial charge in [0.2, 0.25) is 0 Å². The Hall–Kier alpha value is -2.27. The van der Waals surface area contributed by atoms with E-state index in [1.54, 1.807) is 25.1 Å². The van der Waals surface area contributed by atoms with E-state index in [9.17, 15) is 9.59 Å². The van der Waals surface area contributed by atoms with Crippen molar-refractivity contribution in [1.29, 1.82) is 0 Å². The van der Waals surface area contributed by atoms with Crippen molar-refractivity contribution in [1.82, 2.24) is 5.32 Å². The molecule has 2 rings (SSSR count). The number of carboxylic acids is 1. The zero-order valence-corrected chi connectivity index (χ0v) is 15.5. The topological polar surface area (TPSA) is 66.4 Å². The highest BCUT2D eigenvalue weighted by molar-refractivity contribution is 8.00. The van der Waals surface area contributed by atoms with Crippen LogP contribution in [0.1, 0.15) is 35.3 Å². The highest BCUT2D eigenvalue weighted by atomic mass is 32.2. The number of carbonyl (C=O) groups excluding carboxylic acids is 1. The maximum atomic E-state index is 12.6. The SMILES string of the molecule is Cc1ccccc1CC(C)NC(=O)c1ccccc1SC(C)C(=O)O. The molecule has 0 aliphatic rings. The first-order chi connectivity index (χ1) is 11.9. The molecule has 0 aliphatic heterocycles. The molecule has 0 spiro atoms. The van der Waals surface area contributed by atoms with Crippen molar-refractivity contribution < 1.29 is 14.7 Å². The van der Waals surface area contributed by atoms with E-state index in [2.05, 4.69) is 24.4 Å². The third-order valence-corrected chi connectivity index (χ3v) is 5.11. The molecular formula is C20H23NO3S. The van der Waals surface area contributed by atoms with Crippen LogP contribution in [0.2, 0.25) is 0 Å². The molecule has 132 valence electrons. The quantitative estimate of drug-likeness (QED) is 0.737. The molecule has 0 heterocycles. The number of nitrogens with one attached hydrogen (secondary N) is 1. The minimum Gasteiger partial charge on any atom is -0.480 e. The fraction of sp³-hybridized carbons (Fsp3) is 0.300. The predicted octanol–water partition coefficient (Wildman–Crippen LogP) is 3.92. The number of carboxylic acid groups (broad SMARTS) is 1. The van der Waals surface area contributed by atoms with Gasteiger partial charge in [-0.3, -0.25) is 9.59 Å². The van der Waals surface area contributed by atoms with Crippen molar-refractivity contribution in [2.45, 2.75) is 43.4 Å². The number of amides is 1. The van der Waals surface area contributed by atoms with Crippen LogP contribution in [-0.4, -0.2) is 28.3 Å². The van der Waals surface area contributed by atoms with Gasteiger partial charge in [0.25, 0.3) is 5.91 Å². The molecule has 0 fully saturated rings. The van der Waals surface area contributed by atoms with Crippen molar-refractivity contribution in [3.05, 3.63) is 65.2 Å². The van der Waals surface area contributed by atoms with Gasteiger partial charge < -0.3 is 10.4 Å². The Labute approximate surface area is 152 Å². The van der Waals surface area contributed by atoms with E-state index in [4.69, 9.17) is 5.11 Å². The minimum absolute atomic E-state index is 0.0245. The Morgan fingerprint density at radius 2 is 1.72 bits per heavy atom. The van der Waals surface area contributed by atoms with Crippen LogP contribution in [0.15, 0.2) is 53.4 Å². The first-order valence-electron chi connectivity index (χ1n) is 8.22. The van der Waals surface area contributed by atoms with Crippen LogP contribution in [0, 0.1) is 6.92 Å². The number of thioether (sulfide) groups is 1. The van der Waals surface area contributed by atoms with E-state index in [1.807, 2.05) is 25.1 Å². The van der Waals surface area contributed by atoms with Gasteiger partial charge in [-0.15, -0.1) is 11.8 Å². The van der Waals surface area contributed by atoms with Crippen LogP contribution in [0.5, 0.6) is 0 Å². The summed E-state index contributed by atoms with van der Waals surface area (Å²) in [6.45, 7) is 5.64. The summed E-state index contributed by atoms with van der Waals surface area (Å²) in [4.78, 5) is 24.4. The number of carbonyl (C=O) groups is 2. The van der Waals surface area contributed by atoms with Gasteiger partial charge in [0.1, 0.15) is 5.25 Å². The molecule has 0 saturated carbocycles. The van der Waals surface area contributed by atoms with E-state index in [1.165, 1.54) is 22.9 Å². The fourth-order valence-corrected chi connectivity index (χ4v) is 3.45. The van der Waals surface area contributed by atoms with Gasteiger partial charge in [0.15, 0.2) is 0 Å². The molecule has 4 nitrogen and oxygen atoms in total. The highest BCUT2D eigenvalue weighted by Crippen LogP contribution is 2.27. The van der Waals surface area contributed by atoms with Crippen molar-refractivity contribution in [3.63, 3.8) is 0 Å². The molecular weight excluding hydrogens is 334 g/mol. The van der Waals surface area contributed by atoms with E-state index < -0.39 is 11.2 Å². The number of benzene rings is 2. The largest absolute Gasteiger partial charge is 0.480 e. The standard InChI is InChI=1S/C20H23NO3S/c1-13-8-4-5-9-16(13)12-14(2)21-19(22)17-10-6-7-11-18(17)25-15(3)20(23)24/h4-11,14-15H,12H2,1-3H3,(H,21,22)(H,23,24). The van der Waals surface area contributed by atoms with Crippen molar-refractivity contribution in [3.8, 4) is 0 Å². The number of aryl methyl sites for hydroxylation is 1. The zero-order chi connectivity index (χ0) is 18.4. The summed E-state index contributed by atoms with van der Waals surface area (Å²) >= 11 is 1.18. The van der Waals surface area contributed by atoms with E-state index in [0.29, 0.717) is 10.5 Å². The van der Waals surface area contributed by atoms with Gasteiger partial charge in [0.05, 0.1) is 5.56 Å². The first-order valence-corrected chi connectivity index (χ1v) is 9.10. The first kappa shape index (κ1) is 19.1. The van der Waals surface area contributed by atoms with E-state index >= 15 is 0 Å². The zero-order valence-electron chi connectivity index (χ0n) is 14.7. The molecule has 5 heteroatoms. The van der Waals surface area contributed by atoms with Crippen molar-refractivity contribution in [2.24, 2.45) is 0 Å². The van der Waals surface area contributed by atoms with Crippen LogP contribution >= 0.6 is 11.8 Å². The third kappa shape index (κ3) is 5.36. The maximum absolute atomic E-state index is 12.6. The van der Waals surface area contributed by atoms with Crippen LogP contribution in [0.4, 0.5) is 0 Å². The molecule has 2 N–H and O–H groups in total.